The molecule has 0 saturated carbocycles. The Hall–Kier alpha value is -2.24. The van der Waals surface area contributed by atoms with Gasteiger partial charge in [-0.25, -0.2) is 0 Å². The van der Waals surface area contributed by atoms with Crippen molar-refractivity contribution in [2.75, 3.05) is 33.9 Å². The number of methoxy groups -OCH3 is 2. The molecule has 2 rings (SSSR count). The van der Waals surface area contributed by atoms with Gasteiger partial charge in [0.2, 0.25) is 11.8 Å². The zero-order valence-corrected chi connectivity index (χ0v) is 17.2. The lowest BCUT2D eigenvalue weighted by molar-refractivity contribution is -0.133. The van der Waals surface area contributed by atoms with Crippen molar-refractivity contribution < 1.29 is 19.1 Å². The predicted molar refractivity (Wildman–Crippen MR) is 105 cm³/mol. The summed E-state index contributed by atoms with van der Waals surface area (Å²) in [5.74, 6) is 1.29. The minimum atomic E-state index is -0.313. The Morgan fingerprint density at radius 3 is 2.41 bits per heavy atom. The van der Waals surface area contributed by atoms with Crippen LogP contribution in [-0.4, -0.2) is 50.6 Å². The summed E-state index contributed by atoms with van der Waals surface area (Å²) in [5.41, 5.74) is 0.903. The lowest BCUT2D eigenvalue weighted by atomic mass is 9.87. The van der Waals surface area contributed by atoms with Crippen LogP contribution in [-0.2, 0) is 9.59 Å². The van der Waals surface area contributed by atoms with Crippen molar-refractivity contribution in [3.05, 3.63) is 23.8 Å². The Kier molecular flexibility index (Phi) is 7.11. The molecule has 6 nitrogen and oxygen atoms in total. The largest absolute Gasteiger partial charge is 0.497 e. The Morgan fingerprint density at radius 2 is 1.85 bits per heavy atom. The first-order chi connectivity index (χ1) is 12.8. The average Bonchev–Trinajstić information content (AvgIpc) is 3.09. The minimum Gasteiger partial charge on any atom is -0.497 e. The molecule has 2 amide bonds. The van der Waals surface area contributed by atoms with Crippen LogP contribution < -0.4 is 14.8 Å². The van der Waals surface area contributed by atoms with Crippen LogP contribution in [0.4, 0.5) is 0 Å². The van der Waals surface area contributed by atoms with Gasteiger partial charge in [-0.05, 0) is 24.1 Å². The number of ether oxygens (including phenoxy) is 2. The third-order valence-electron chi connectivity index (χ3n) is 4.98. The fourth-order valence-corrected chi connectivity index (χ4v) is 3.49. The highest BCUT2D eigenvalue weighted by atomic mass is 16.5. The van der Waals surface area contributed by atoms with Crippen LogP contribution in [0.15, 0.2) is 18.2 Å². The van der Waals surface area contributed by atoms with Crippen LogP contribution in [0.1, 0.15) is 39.2 Å². The third kappa shape index (κ3) is 4.93. The van der Waals surface area contributed by atoms with E-state index in [4.69, 9.17) is 9.47 Å². The van der Waals surface area contributed by atoms with E-state index in [0.717, 1.165) is 5.56 Å². The SMILES string of the molecule is COc1ccc(OC)c([C@H]2CN(C(=O)C(C)C)C[C@@H]2C(=O)NCC(C)C)c1. The molecule has 27 heavy (non-hydrogen) atoms. The molecule has 1 aliphatic heterocycles. The number of hydrogen-bond acceptors (Lipinski definition) is 4. The van der Waals surface area contributed by atoms with Crippen molar-refractivity contribution in [1.29, 1.82) is 0 Å². The molecule has 1 aliphatic rings. The second-order valence-corrected chi connectivity index (χ2v) is 7.86. The number of benzene rings is 1. The maximum absolute atomic E-state index is 12.9. The Labute approximate surface area is 162 Å². The number of nitrogens with one attached hydrogen (secondary N) is 1. The van der Waals surface area contributed by atoms with Gasteiger partial charge in [-0.15, -0.1) is 0 Å². The van der Waals surface area contributed by atoms with E-state index in [1.165, 1.54) is 0 Å². The highest BCUT2D eigenvalue weighted by Crippen LogP contribution is 2.39. The minimum absolute atomic E-state index is 0.0161. The maximum atomic E-state index is 12.9. The number of likely N-dealkylation sites (tertiary alicyclic amines) is 1. The first kappa shape index (κ1) is 21.1. The van der Waals surface area contributed by atoms with Crippen molar-refractivity contribution in [1.82, 2.24) is 10.2 Å². The molecular formula is C21H32N2O4. The second kappa shape index (κ2) is 9.11. The van der Waals surface area contributed by atoms with E-state index < -0.39 is 0 Å². The van der Waals surface area contributed by atoms with Gasteiger partial charge in [-0.3, -0.25) is 9.59 Å². The zero-order valence-electron chi connectivity index (χ0n) is 17.2. The van der Waals surface area contributed by atoms with Crippen molar-refractivity contribution in [2.45, 2.75) is 33.6 Å². The summed E-state index contributed by atoms with van der Waals surface area (Å²) in [7, 11) is 3.23. The molecule has 1 aromatic rings. The molecular weight excluding hydrogens is 344 g/mol. The van der Waals surface area contributed by atoms with Gasteiger partial charge in [0.15, 0.2) is 0 Å². The summed E-state index contributed by atoms with van der Waals surface area (Å²) in [4.78, 5) is 27.3. The van der Waals surface area contributed by atoms with E-state index in [2.05, 4.69) is 19.2 Å². The summed E-state index contributed by atoms with van der Waals surface area (Å²) in [6, 6.07) is 5.60. The van der Waals surface area contributed by atoms with Crippen molar-refractivity contribution in [3.63, 3.8) is 0 Å². The first-order valence-electron chi connectivity index (χ1n) is 9.56. The van der Waals surface area contributed by atoms with Crippen molar-refractivity contribution in [3.8, 4) is 11.5 Å². The molecule has 6 heteroatoms. The summed E-state index contributed by atoms with van der Waals surface area (Å²) in [6.07, 6.45) is 0. The van der Waals surface area contributed by atoms with Gasteiger partial charge in [0.05, 0.1) is 20.1 Å². The van der Waals surface area contributed by atoms with E-state index >= 15 is 0 Å². The Morgan fingerprint density at radius 1 is 1.15 bits per heavy atom. The van der Waals surface area contributed by atoms with Crippen molar-refractivity contribution >= 4 is 11.8 Å². The molecule has 0 bridgehead atoms. The predicted octanol–water partition coefficient (Wildman–Crippen LogP) is 2.67. The van der Waals surface area contributed by atoms with E-state index in [1.54, 1.807) is 19.1 Å². The van der Waals surface area contributed by atoms with Crippen molar-refractivity contribution in [2.24, 2.45) is 17.8 Å². The first-order valence-corrected chi connectivity index (χ1v) is 9.56. The van der Waals surface area contributed by atoms with Gasteiger partial charge >= 0.3 is 0 Å². The van der Waals surface area contributed by atoms with E-state index in [-0.39, 0.29) is 29.6 Å². The lowest BCUT2D eigenvalue weighted by Crippen LogP contribution is -2.37. The van der Waals surface area contributed by atoms with Gasteiger partial charge in [0.25, 0.3) is 0 Å². The summed E-state index contributed by atoms with van der Waals surface area (Å²) in [6.45, 7) is 9.44. The smallest absolute Gasteiger partial charge is 0.225 e. The average molecular weight is 376 g/mol. The number of nitrogens with zero attached hydrogens (tertiary/aromatic N) is 1. The zero-order chi connectivity index (χ0) is 20.1. The molecule has 1 fully saturated rings. The number of amides is 2. The van der Waals surface area contributed by atoms with E-state index in [0.29, 0.717) is 37.1 Å². The molecule has 150 valence electrons. The second-order valence-electron chi connectivity index (χ2n) is 7.86. The highest BCUT2D eigenvalue weighted by molar-refractivity contribution is 5.84. The van der Waals surface area contributed by atoms with E-state index in [1.807, 2.05) is 32.0 Å². The number of carbonyl (C=O) groups excluding carboxylic acids is 2. The summed E-state index contributed by atoms with van der Waals surface area (Å²) < 4.78 is 10.9. The molecule has 1 N–H and O–H groups in total. The summed E-state index contributed by atoms with van der Waals surface area (Å²) in [5, 5.41) is 3.03. The van der Waals surface area contributed by atoms with Gasteiger partial charge in [-0.2, -0.15) is 0 Å². The molecule has 1 aromatic carbocycles. The maximum Gasteiger partial charge on any atom is 0.225 e. The Balaban J connectivity index is 2.36. The molecule has 0 spiro atoms. The quantitative estimate of drug-likeness (QED) is 0.794. The van der Waals surface area contributed by atoms with E-state index in [9.17, 15) is 9.59 Å². The monoisotopic (exact) mass is 376 g/mol. The standard InChI is InChI=1S/C21H32N2O4/c1-13(2)10-22-20(24)18-12-23(21(25)14(3)4)11-17(18)16-9-15(26-5)7-8-19(16)27-6/h7-9,13-14,17-18H,10-12H2,1-6H3,(H,22,24)/t17-,18+/m1/s1. The van der Waals surface area contributed by atoms with Gasteiger partial charge < -0.3 is 19.7 Å². The fraction of sp³-hybridized carbons (Fsp3) is 0.619. The molecule has 0 aromatic heterocycles. The molecule has 2 atom stereocenters. The number of rotatable bonds is 7. The Bertz CT molecular complexity index is 672. The van der Waals surface area contributed by atoms with Gasteiger partial charge in [-0.1, -0.05) is 27.7 Å². The van der Waals surface area contributed by atoms with Crippen LogP contribution >= 0.6 is 0 Å². The number of carbonyl (C=O) groups is 2. The lowest BCUT2D eigenvalue weighted by Gasteiger charge is -2.21. The molecule has 0 unspecified atom stereocenters. The highest BCUT2D eigenvalue weighted by Gasteiger charge is 2.42. The molecule has 1 heterocycles. The van der Waals surface area contributed by atoms with Gasteiger partial charge in [0.1, 0.15) is 11.5 Å². The van der Waals surface area contributed by atoms with Crippen LogP contribution in [0.5, 0.6) is 11.5 Å². The fourth-order valence-electron chi connectivity index (χ4n) is 3.49. The number of hydrogen-bond donors (Lipinski definition) is 1. The van der Waals surface area contributed by atoms with Gasteiger partial charge in [0, 0.05) is 37.0 Å². The van der Waals surface area contributed by atoms with Crippen LogP contribution in [0, 0.1) is 17.8 Å². The van der Waals surface area contributed by atoms with Crippen LogP contribution in [0.2, 0.25) is 0 Å². The summed E-state index contributed by atoms with van der Waals surface area (Å²) >= 11 is 0. The topological polar surface area (TPSA) is 67.9 Å². The molecule has 0 radical (unpaired) electrons. The molecule has 0 aliphatic carbocycles. The van der Waals surface area contributed by atoms with Crippen LogP contribution in [0.25, 0.3) is 0 Å². The molecule has 1 saturated heterocycles. The normalized spacial score (nSPS) is 19.5. The third-order valence-corrected chi connectivity index (χ3v) is 4.98. The van der Waals surface area contributed by atoms with Crippen LogP contribution in [0.3, 0.4) is 0 Å².